The fraction of sp³-hybridized carbons (Fsp3) is 0.300. The molecule has 0 unspecified atom stereocenters. The van der Waals surface area contributed by atoms with Gasteiger partial charge in [-0.1, -0.05) is 11.8 Å². The van der Waals surface area contributed by atoms with Gasteiger partial charge in [0.15, 0.2) is 11.0 Å². The van der Waals surface area contributed by atoms with E-state index in [-0.39, 0.29) is 18.3 Å². The van der Waals surface area contributed by atoms with Crippen LogP contribution in [-0.2, 0) is 16.6 Å². The molecule has 0 spiro atoms. The summed E-state index contributed by atoms with van der Waals surface area (Å²) in [6.07, 6.45) is 0. The lowest BCUT2D eigenvalue weighted by Gasteiger charge is -2.07. The molecule has 0 radical (unpaired) electrons. The van der Waals surface area contributed by atoms with Crippen molar-refractivity contribution in [2.45, 2.75) is 19.0 Å². The summed E-state index contributed by atoms with van der Waals surface area (Å²) in [5, 5.41) is 12.3. The second-order valence-corrected chi connectivity index (χ2v) is 8.45. The van der Waals surface area contributed by atoms with Gasteiger partial charge in [-0.05, 0) is 44.2 Å². The molecule has 0 bridgehead atoms. The summed E-state index contributed by atoms with van der Waals surface area (Å²) in [6.45, 7) is 3.89. The predicted molar refractivity (Wildman–Crippen MR) is 117 cm³/mol. The Morgan fingerprint density at radius 1 is 1.23 bits per heavy atom. The lowest BCUT2D eigenvalue weighted by atomic mass is 10.2. The van der Waals surface area contributed by atoms with Crippen LogP contribution in [-0.4, -0.2) is 46.1 Å². The number of benzene rings is 1. The topological polar surface area (TPSA) is 95.3 Å². The zero-order chi connectivity index (χ0) is 21.7. The van der Waals surface area contributed by atoms with E-state index in [2.05, 4.69) is 15.5 Å². The van der Waals surface area contributed by atoms with Crippen LogP contribution in [0.4, 0.5) is 5.00 Å². The Labute approximate surface area is 182 Å². The lowest BCUT2D eigenvalue weighted by Crippen LogP contribution is -2.16. The van der Waals surface area contributed by atoms with Crippen molar-refractivity contribution < 1.29 is 19.1 Å². The second-order valence-electron chi connectivity index (χ2n) is 6.25. The van der Waals surface area contributed by atoms with E-state index in [1.165, 1.54) is 23.1 Å². The van der Waals surface area contributed by atoms with Gasteiger partial charge in [-0.25, -0.2) is 4.79 Å². The predicted octanol–water partition coefficient (Wildman–Crippen LogP) is 3.77. The Hall–Kier alpha value is -2.85. The van der Waals surface area contributed by atoms with Gasteiger partial charge in [-0.15, -0.1) is 21.5 Å². The number of methoxy groups -OCH3 is 1. The first-order chi connectivity index (χ1) is 14.4. The molecule has 1 aromatic carbocycles. The Balaban J connectivity index is 1.64. The first-order valence-electron chi connectivity index (χ1n) is 9.17. The van der Waals surface area contributed by atoms with Crippen LogP contribution in [0.15, 0.2) is 35.5 Å². The molecule has 8 nitrogen and oxygen atoms in total. The first kappa shape index (κ1) is 21.8. The zero-order valence-electron chi connectivity index (χ0n) is 17.1. The molecule has 3 aromatic rings. The number of hydrogen-bond donors (Lipinski definition) is 1. The van der Waals surface area contributed by atoms with E-state index in [4.69, 9.17) is 9.47 Å². The van der Waals surface area contributed by atoms with E-state index < -0.39 is 5.97 Å². The lowest BCUT2D eigenvalue weighted by molar-refractivity contribution is -0.113. The minimum Gasteiger partial charge on any atom is -0.497 e. The molecule has 10 heteroatoms. The van der Waals surface area contributed by atoms with E-state index in [1.54, 1.807) is 20.1 Å². The number of thiophene rings is 1. The van der Waals surface area contributed by atoms with Gasteiger partial charge in [0.25, 0.3) is 0 Å². The highest BCUT2D eigenvalue weighted by atomic mass is 32.2. The van der Waals surface area contributed by atoms with Crippen LogP contribution in [0.2, 0.25) is 0 Å². The van der Waals surface area contributed by atoms with Crippen molar-refractivity contribution in [3.63, 3.8) is 0 Å². The summed E-state index contributed by atoms with van der Waals surface area (Å²) in [4.78, 5) is 25.4. The molecular formula is C20H22N4O4S2. The van der Waals surface area contributed by atoms with E-state index in [0.29, 0.717) is 21.5 Å². The van der Waals surface area contributed by atoms with Crippen molar-refractivity contribution >= 4 is 40.0 Å². The molecular weight excluding hydrogens is 424 g/mol. The minimum absolute atomic E-state index is 0.133. The number of ether oxygens (including phenoxy) is 2. The number of carbonyl (C=O) groups excluding carboxylic acids is 2. The molecule has 158 valence electrons. The zero-order valence-corrected chi connectivity index (χ0v) is 18.7. The molecule has 0 saturated carbocycles. The average molecular weight is 447 g/mol. The number of aromatic nitrogens is 3. The summed E-state index contributed by atoms with van der Waals surface area (Å²) in [5.41, 5.74) is 1.27. The maximum absolute atomic E-state index is 12.4. The Morgan fingerprint density at radius 3 is 2.63 bits per heavy atom. The molecule has 0 aliphatic rings. The third kappa shape index (κ3) is 5.00. The van der Waals surface area contributed by atoms with Crippen LogP contribution >= 0.6 is 23.1 Å². The van der Waals surface area contributed by atoms with Crippen LogP contribution < -0.4 is 10.1 Å². The van der Waals surface area contributed by atoms with Gasteiger partial charge in [-0.2, -0.15) is 0 Å². The summed E-state index contributed by atoms with van der Waals surface area (Å²) in [6, 6.07) is 9.23. The highest BCUT2D eigenvalue weighted by Gasteiger charge is 2.19. The number of hydrogen-bond acceptors (Lipinski definition) is 8. The Kier molecular flexibility index (Phi) is 7.11. The largest absolute Gasteiger partial charge is 0.497 e. The summed E-state index contributed by atoms with van der Waals surface area (Å²) < 4.78 is 12.1. The number of anilines is 1. The average Bonchev–Trinajstić information content (AvgIpc) is 3.28. The smallest absolute Gasteiger partial charge is 0.341 e. The normalized spacial score (nSPS) is 10.7. The molecule has 0 saturated heterocycles. The van der Waals surface area contributed by atoms with Gasteiger partial charge in [0.2, 0.25) is 5.91 Å². The van der Waals surface area contributed by atoms with Gasteiger partial charge in [0, 0.05) is 17.5 Å². The van der Waals surface area contributed by atoms with Crippen molar-refractivity contribution in [2.75, 3.05) is 24.8 Å². The maximum Gasteiger partial charge on any atom is 0.341 e. The molecule has 30 heavy (non-hydrogen) atoms. The fourth-order valence-electron chi connectivity index (χ4n) is 2.69. The fourth-order valence-corrected chi connectivity index (χ4v) is 4.32. The van der Waals surface area contributed by atoms with Gasteiger partial charge in [-0.3, -0.25) is 4.79 Å². The number of nitrogens with zero attached hydrogens (tertiary/aromatic N) is 3. The van der Waals surface area contributed by atoms with Crippen molar-refractivity contribution in [1.82, 2.24) is 14.8 Å². The standard InChI is InChI=1S/C20H22N4O4S2/c1-5-28-19(26)15-10-12(2)30-18(15)21-16(25)11-29-20-23-22-17(24(20)3)13-6-8-14(27-4)9-7-13/h6-10H,5,11H2,1-4H3,(H,21,25). The maximum atomic E-state index is 12.4. The van der Waals surface area contributed by atoms with E-state index in [1.807, 2.05) is 42.8 Å². The number of carbonyl (C=O) groups is 2. The summed E-state index contributed by atoms with van der Waals surface area (Å²) >= 11 is 2.61. The Bertz CT molecular complexity index is 1040. The van der Waals surface area contributed by atoms with Crippen molar-refractivity contribution in [2.24, 2.45) is 7.05 Å². The van der Waals surface area contributed by atoms with E-state index in [0.717, 1.165) is 16.2 Å². The number of rotatable bonds is 8. The van der Waals surface area contributed by atoms with E-state index in [9.17, 15) is 9.59 Å². The molecule has 1 N–H and O–H groups in total. The van der Waals surface area contributed by atoms with Crippen molar-refractivity contribution in [1.29, 1.82) is 0 Å². The third-order valence-electron chi connectivity index (χ3n) is 4.12. The first-order valence-corrected chi connectivity index (χ1v) is 11.0. The van der Waals surface area contributed by atoms with Gasteiger partial charge in [0.1, 0.15) is 10.8 Å². The highest BCUT2D eigenvalue weighted by Crippen LogP contribution is 2.29. The van der Waals surface area contributed by atoms with Crippen molar-refractivity contribution in [3.05, 3.63) is 40.8 Å². The third-order valence-corrected chi connectivity index (χ3v) is 6.11. The Morgan fingerprint density at radius 2 is 1.97 bits per heavy atom. The second kappa shape index (κ2) is 9.77. The van der Waals surface area contributed by atoms with E-state index >= 15 is 0 Å². The quantitative estimate of drug-likeness (QED) is 0.416. The SMILES string of the molecule is CCOC(=O)c1cc(C)sc1NC(=O)CSc1nnc(-c2ccc(OC)cc2)n1C. The molecule has 2 heterocycles. The molecule has 0 aliphatic heterocycles. The van der Waals surface area contributed by atoms with Gasteiger partial charge in [0.05, 0.1) is 25.0 Å². The van der Waals surface area contributed by atoms with Gasteiger partial charge < -0.3 is 19.4 Å². The molecule has 0 aliphatic carbocycles. The highest BCUT2D eigenvalue weighted by molar-refractivity contribution is 7.99. The molecule has 0 atom stereocenters. The van der Waals surface area contributed by atoms with Crippen LogP contribution in [0.5, 0.6) is 5.75 Å². The van der Waals surface area contributed by atoms with Crippen LogP contribution in [0.1, 0.15) is 22.2 Å². The molecule has 1 amide bonds. The number of amides is 1. The van der Waals surface area contributed by atoms with Crippen LogP contribution in [0.25, 0.3) is 11.4 Å². The van der Waals surface area contributed by atoms with Crippen molar-refractivity contribution in [3.8, 4) is 17.1 Å². The molecule has 0 fully saturated rings. The monoisotopic (exact) mass is 446 g/mol. The van der Waals surface area contributed by atoms with Crippen LogP contribution in [0.3, 0.4) is 0 Å². The summed E-state index contributed by atoms with van der Waals surface area (Å²) in [5.74, 6) is 0.911. The number of nitrogens with one attached hydrogen (secondary N) is 1. The summed E-state index contributed by atoms with van der Waals surface area (Å²) in [7, 11) is 3.46. The van der Waals surface area contributed by atoms with Crippen LogP contribution in [0, 0.1) is 6.92 Å². The molecule has 3 rings (SSSR count). The van der Waals surface area contributed by atoms with Gasteiger partial charge >= 0.3 is 5.97 Å². The minimum atomic E-state index is -0.442. The number of esters is 1. The molecule has 2 aromatic heterocycles. The number of thioether (sulfide) groups is 1. The number of aryl methyl sites for hydroxylation is 1.